The van der Waals surface area contributed by atoms with Crippen LogP contribution >= 0.6 is 0 Å². The van der Waals surface area contributed by atoms with E-state index in [-0.39, 0.29) is 12.1 Å². The average Bonchev–Trinajstić information content (AvgIpc) is 3.48. The van der Waals surface area contributed by atoms with Crippen molar-refractivity contribution in [1.82, 2.24) is 24.5 Å². The summed E-state index contributed by atoms with van der Waals surface area (Å²) in [6.07, 6.45) is -0.286. The Kier molecular flexibility index (Phi) is 5.13. The number of alkyl halides is 3. The van der Waals surface area contributed by atoms with Crippen LogP contribution in [0.25, 0.3) is 11.2 Å². The first-order valence-corrected chi connectivity index (χ1v) is 10.4. The molecule has 12 heteroatoms. The molecule has 1 aliphatic carbocycles. The molecule has 0 amide bonds. The fourth-order valence-corrected chi connectivity index (χ4v) is 4.46. The van der Waals surface area contributed by atoms with Gasteiger partial charge in [0, 0.05) is 25.3 Å². The Hall–Kier alpha value is -2.99. The summed E-state index contributed by atoms with van der Waals surface area (Å²) >= 11 is 0. The number of hydrogen-bond acceptors (Lipinski definition) is 8. The van der Waals surface area contributed by atoms with E-state index >= 15 is 0 Å². The number of anilines is 2. The molecule has 2 fully saturated rings. The highest BCUT2D eigenvalue weighted by Crippen LogP contribution is 2.34. The smallest absolute Gasteiger partial charge is 0.390 e. The maximum Gasteiger partial charge on any atom is 0.417 e. The summed E-state index contributed by atoms with van der Waals surface area (Å²) in [4.78, 5) is 18.9. The Morgan fingerprint density at radius 3 is 2.56 bits per heavy atom. The highest BCUT2D eigenvalue weighted by molar-refractivity contribution is 5.83. The van der Waals surface area contributed by atoms with Gasteiger partial charge < -0.3 is 25.0 Å². The number of aromatic nitrogens is 5. The second kappa shape index (κ2) is 7.85. The van der Waals surface area contributed by atoms with E-state index in [4.69, 9.17) is 0 Å². The van der Waals surface area contributed by atoms with E-state index in [0.717, 1.165) is 18.7 Å². The standard InChI is InChI=1S/C20H22F3N7O2/c21-20(22,23)11-1-4-15(24-7-11)29-6-5-12(8-29)28-18-16-19(26-9-25-18)30(10-27-16)13-2-3-14(31)17(13)32/h1,4,7,9-10,12-14,17,31-32H,2-3,5-6,8H2,(H,25,26,28)/t12-,13?,14?,17?/m0/s1. The maximum absolute atomic E-state index is 12.8. The van der Waals surface area contributed by atoms with Gasteiger partial charge in [-0.15, -0.1) is 0 Å². The molecule has 3 aromatic rings. The van der Waals surface area contributed by atoms with Gasteiger partial charge in [0.25, 0.3) is 0 Å². The van der Waals surface area contributed by atoms with Crippen LogP contribution in [0.3, 0.4) is 0 Å². The molecule has 170 valence electrons. The third kappa shape index (κ3) is 3.73. The monoisotopic (exact) mass is 449 g/mol. The number of aliphatic hydroxyl groups excluding tert-OH is 2. The largest absolute Gasteiger partial charge is 0.417 e. The van der Waals surface area contributed by atoms with Crippen molar-refractivity contribution in [2.24, 2.45) is 0 Å². The van der Waals surface area contributed by atoms with Gasteiger partial charge in [-0.25, -0.2) is 19.9 Å². The van der Waals surface area contributed by atoms with Crippen LogP contribution in [-0.2, 0) is 6.18 Å². The summed E-state index contributed by atoms with van der Waals surface area (Å²) in [5.74, 6) is 1.04. The highest BCUT2D eigenvalue weighted by atomic mass is 19.4. The second-order valence-electron chi connectivity index (χ2n) is 8.23. The van der Waals surface area contributed by atoms with Crippen molar-refractivity contribution in [1.29, 1.82) is 0 Å². The molecule has 5 rings (SSSR count). The second-order valence-corrected chi connectivity index (χ2v) is 8.23. The van der Waals surface area contributed by atoms with E-state index in [1.807, 2.05) is 4.90 Å². The number of pyridine rings is 1. The molecular formula is C20H22F3N7O2. The lowest BCUT2D eigenvalue weighted by atomic mass is 10.2. The molecule has 0 bridgehead atoms. The van der Waals surface area contributed by atoms with Crippen molar-refractivity contribution in [3.05, 3.63) is 36.5 Å². The number of aliphatic hydroxyl groups is 2. The van der Waals surface area contributed by atoms with Gasteiger partial charge in [0.05, 0.1) is 24.0 Å². The minimum Gasteiger partial charge on any atom is -0.390 e. The lowest BCUT2D eigenvalue weighted by molar-refractivity contribution is -0.137. The number of rotatable bonds is 4. The lowest BCUT2D eigenvalue weighted by Gasteiger charge is -2.19. The van der Waals surface area contributed by atoms with Crippen LogP contribution in [0.5, 0.6) is 0 Å². The van der Waals surface area contributed by atoms with E-state index in [1.165, 1.54) is 12.4 Å². The quantitative estimate of drug-likeness (QED) is 0.555. The fourth-order valence-electron chi connectivity index (χ4n) is 4.46. The molecule has 4 atom stereocenters. The molecular weight excluding hydrogens is 427 g/mol. The number of imidazole rings is 1. The first-order valence-electron chi connectivity index (χ1n) is 10.4. The molecule has 3 aromatic heterocycles. The van der Waals surface area contributed by atoms with Gasteiger partial charge in [0.15, 0.2) is 11.5 Å². The van der Waals surface area contributed by atoms with Crippen LogP contribution in [-0.4, -0.2) is 66.1 Å². The zero-order valence-corrected chi connectivity index (χ0v) is 16.9. The summed E-state index contributed by atoms with van der Waals surface area (Å²) < 4.78 is 40.1. The Bertz CT molecular complexity index is 1100. The summed E-state index contributed by atoms with van der Waals surface area (Å²) in [5, 5.41) is 23.5. The predicted octanol–water partition coefficient (Wildman–Crippen LogP) is 1.99. The van der Waals surface area contributed by atoms with Crippen LogP contribution in [0.1, 0.15) is 30.9 Å². The predicted molar refractivity (Wildman–Crippen MR) is 109 cm³/mol. The van der Waals surface area contributed by atoms with Crippen LogP contribution in [0.15, 0.2) is 31.0 Å². The van der Waals surface area contributed by atoms with Crippen LogP contribution < -0.4 is 10.2 Å². The average molecular weight is 449 g/mol. The van der Waals surface area contributed by atoms with Gasteiger partial charge in [-0.2, -0.15) is 13.2 Å². The van der Waals surface area contributed by atoms with E-state index in [1.54, 1.807) is 10.9 Å². The molecule has 0 aromatic carbocycles. The third-order valence-corrected chi connectivity index (χ3v) is 6.19. The number of fused-ring (bicyclic) bond motifs is 1. The summed E-state index contributed by atoms with van der Waals surface area (Å²) in [6.45, 7) is 1.20. The van der Waals surface area contributed by atoms with Gasteiger partial charge in [0.2, 0.25) is 0 Å². The Morgan fingerprint density at radius 2 is 1.88 bits per heavy atom. The maximum atomic E-state index is 12.8. The van der Waals surface area contributed by atoms with E-state index in [0.29, 0.717) is 48.7 Å². The molecule has 0 spiro atoms. The minimum atomic E-state index is -4.41. The molecule has 1 aliphatic heterocycles. The number of halogens is 3. The molecule has 4 heterocycles. The molecule has 1 saturated carbocycles. The molecule has 1 saturated heterocycles. The van der Waals surface area contributed by atoms with Gasteiger partial charge >= 0.3 is 6.18 Å². The normalized spacial score (nSPS) is 26.2. The van der Waals surface area contributed by atoms with E-state index < -0.39 is 23.9 Å². The lowest BCUT2D eigenvalue weighted by Crippen LogP contribution is -2.27. The highest BCUT2D eigenvalue weighted by Gasteiger charge is 2.36. The van der Waals surface area contributed by atoms with Gasteiger partial charge in [0.1, 0.15) is 23.8 Å². The summed E-state index contributed by atoms with van der Waals surface area (Å²) in [6, 6.07) is 2.13. The number of nitrogens with one attached hydrogen (secondary N) is 1. The number of hydrogen-bond donors (Lipinski definition) is 3. The van der Waals surface area contributed by atoms with Crippen molar-refractivity contribution in [3.63, 3.8) is 0 Å². The zero-order chi connectivity index (χ0) is 22.5. The molecule has 9 nitrogen and oxygen atoms in total. The van der Waals surface area contributed by atoms with Crippen molar-refractivity contribution < 1.29 is 23.4 Å². The zero-order valence-electron chi connectivity index (χ0n) is 16.9. The van der Waals surface area contributed by atoms with Gasteiger partial charge in [-0.1, -0.05) is 0 Å². The Labute approximate surface area is 181 Å². The molecule has 2 aliphatic rings. The Balaban J connectivity index is 1.30. The minimum absolute atomic E-state index is 0.00114. The summed E-state index contributed by atoms with van der Waals surface area (Å²) in [7, 11) is 0. The van der Waals surface area contributed by atoms with Crippen molar-refractivity contribution in [3.8, 4) is 0 Å². The number of nitrogens with zero attached hydrogens (tertiary/aromatic N) is 6. The molecule has 3 unspecified atom stereocenters. The van der Waals surface area contributed by atoms with Crippen molar-refractivity contribution in [2.45, 2.75) is 49.7 Å². The first kappa shape index (κ1) is 20.9. The van der Waals surface area contributed by atoms with Crippen LogP contribution in [0, 0.1) is 0 Å². The molecule has 32 heavy (non-hydrogen) atoms. The first-order chi connectivity index (χ1) is 15.3. The molecule has 3 N–H and O–H groups in total. The van der Waals surface area contributed by atoms with Crippen molar-refractivity contribution in [2.75, 3.05) is 23.3 Å². The van der Waals surface area contributed by atoms with Crippen LogP contribution in [0.4, 0.5) is 24.8 Å². The van der Waals surface area contributed by atoms with Crippen molar-refractivity contribution >= 4 is 22.8 Å². The van der Waals surface area contributed by atoms with Gasteiger partial charge in [-0.3, -0.25) is 0 Å². The Morgan fingerprint density at radius 1 is 1.03 bits per heavy atom. The SMILES string of the molecule is OC1CCC(n2cnc3c(N[C@H]4CCN(c5ccc(C(F)(F)F)cn5)C4)ncnc32)C1O. The van der Waals surface area contributed by atoms with E-state index in [9.17, 15) is 23.4 Å². The third-order valence-electron chi connectivity index (χ3n) is 6.19. The van der Waals surface area contributed by atoms with Crippen LogP contribution in [0.2, 0.25) is 0 Å². The van der Waals surface area contributed by atoms with E-state index in [2.05, 4.69) is 25.3 Å². The fraction of sp³-hybridized carbons (Fsp3) is 0.500. The van der Waals surface area contributed by atoms with Gasteiger partial charge in [-0.05, 0) is 31.4 Å². The summed E-state index contributed by atoms with van der Waals surface area (Å²) in [5.41, 5.74) is 0.362. The molecule has 0 radical (unpaired) electrons. The topological polar surface area (TPSA) is 112 Å².